The Balaban J connectivity index is 1.68. The first-order valence-electron chi connectivity index (χ1n) is 8.51. The quantitative estimate of drug-likeness (QED) is 0.545. The monoisotopic (exact) mass is 352 g/mol. The summed E-state index contributed by atoms with van der Waals surface area (Å²) in [5, 5.41) is 0. The highest BCUT2D eigenvalue weighted by atomic mass is 16.5. The molecular weight excluding hydrogens is 328 g/mol. The van der Waals surface area contributed by atoms with Gasteiger partial charge in [0.15, 0.2) is 0 Å². The highest BCUT2D eigenvalue weighted by Gasteiger charge is 2.36. The van der Waals surface area contributed by atoms with Crippen molar-refractivity contribution >= 4 is 23.3 Å². The maximum Gasteiger partial charge on any atom is 0.220 e. The molecule has 0 fully saturated rings. The fourth-order valence-corrected chi connectivity index (χ4v) is 3.05. The Kier molecular flexibility index (Phi) is 4.97. The maximum atomic E-state index is 6.16. The molecule has 0 radical (unpaired) electrons. The average molecular weight is 352 g/mol. The molecule has 0 saturated heterocycles. The molecule has 136 valence electrons. The Labute approximate surface area is 153 Å². The van der Waals surface area contributed by atoms with E-state index in [4.69, 9.17) is 21.9 Å². The van der Waals surface area contributed by atoms with Crippen LogP contribution in [0, 0.1) is 0 Å². The van der Waals surface area contributed by atoms with Gasteiger partial charge >= 0.3 is 0 Å². The average Bonchev–Trinajstić information content (AvgIpc) is 2.60. The molecule has 2 aromatic rings. The van der Waals surface area contributed by atoms with Gasteiger partial charge in [0, 0.05) is 11.4 Å². The third-order valence-corrected chi connectivity index (χ3v) is 4.25. The molecule has 7 nitrogen and oxygen atoms in total. The largest absolute Gasteiger partial charge is 0.494 e. The molecule has 1 unspecified atom stereocenters. The van der Waals surface area contributed by atoms with Crippen LogP contribution < -0.4 is 26.8 Å². The Hall–Kier alpha value is -3.22. The van der Waals surface area contributed by atoms with Crippen molar-refractivity contribution in [3.63, 3.8) is 0 Å². The van der Waals surface area contributed by atoms with E-state index in [0.717, 1.165) is 17.9 Å². The summed E-state index contributed by atoms with van der Waals surface area (Å²) in [5.41, 5.74) is 18.7. The number of guanidine groups is 2. The zero-order valence-electron chi connectivity index (χ0n) is 14.8. The van der Waals surface area contributed by atoms with Gasteiger partial charge in [0.25, 0.3) is 0 Å². The summed E-state index contributed by atoms with van der Waals surface area (Å²) >= 11 is 0. The standard InChI is InChI=1S/C19H24N6O/c1-19(12-5-13-26-16-10-8-14(20)9-11-16)24-17(21)23-18(22)25(19)15-6-3-2-4-7-15/h2-4,6-11H,5,12-13,20H2,1H3,(H4,21,22,23,24). The number of nitrogens with zero attached hydrogens (tertiary/aromatic N) is 3. The van der Waals surface area contributed by atoms with Crippen LogP contribution in [0.4, 0.5) is 11.4 Å². The van der Waals surface area contributed by atoms with Crippen molar-refractivity contribution in [2.75, 3.05) is 17.2 Å². The maximum absolute atomic E-state index is 6.16. The van der Waals surface area contributed by atoms with Crippen molar-refractivity contribution in [3.05, 3.63) is 54.6 Å². The van der Waals surface area contributed by atoms with Crippen LogP contribution in [0.3, 0.4) is 0 Å². The van der Waals surface area contributed by atoms with Crippen LogP contribution in [-0.2, 0) is 0 Å². The molecule has 0 saturated carbocycles. The highest BCUT2D eigenvalue weighted by molar-refractivity contribution is 6.05. The topological polar surface area (TPSA) is 115 Å². The predicted molar refractivity (Wildman–Crippen MR) is 106 cm³/mol. The fourth-order valence-electron chi connectivity index (χ4n) is 3.05. The number of hydrogen-bond donors (Lipinski definition) is 3. The molecule has 1 aliphatic rings. The highest BCUT2D eigenvalue weighted by Crippen LogP contribution is 2.31. The van der Waals surface area contributed by atoms with Crippen molar-refractivity contribution in [3.8, 4) is 5.75 Å². The lowest BCUT2D eigenvalue weighted by atomic mass is 10.0. The molecule has 0 aromatic heterocycles. The Bertz CT molecular complexity index is 803. The number of rotatable bonds is 6. The van der Waals surface area contributed by atoms with Gasteiger partial charge in [-0.15, -0.1) is 0 Å². The second-order valence-corrected chi connectivity index (χ2v) is 6.35. The number of anilines is 2. The summed E-state index contributed by atoms with van der Waals surface area (Å²) in [4.78, 5) is 10.6. The molecule has 0 aliphatic carbocycles. The summed E-state index contributed by atoms with van der Waals surface area (Å²) in [6.45, 7) is 2.55. The molecule has 6 N–H and O–H groups in total. The van der Waals surface area contributed by atoms with Crippen molar-refractivity contribution in [2.24, 2.45) is 21.5 Å². The Morgan fingerprint density at radius 2 is 1.69 bits per heavy atom. The normalized spacial score (nSPS) is 19.7. The van der Waals surface area contributed by atoms with Gasteiger partial charge in [-0.1, -0.05) is 18.2 Å². The third-order valence-electron chi connectivity index (χ3n) is 4.25. The molecule has 1 heterocycles. The van der Waals surface area contributed by atoms with Gasteiger partial charge in [-0.3, -0.25) is 4.90 Å². The lowest BCUT2D eigenvalue weighted by Gasteiger charge is -2.41. The molecule has 7 heteroatoms. The summed E-state index contributed by atoms with van der Waals surface area (Å²) < 4.78 is 5.78. The number of nitrogens with two attached hydrogens (primary N) is 3. The van der Waals surface area contributed by atoms with Crippen LogP contribution in [0.5, 0.6) is 5.75 Å². The smallest absolute Gasteiger partial charge is 0.220 e. The molecule has 2 aromatic carbocycles. The van der Waals surface area contributed by atoms with Crippen molar-refractivity contribution in [2.45, 2.75) is 25.4 Å². The minimum Gasteiger partial charge on any atom is -0.494 e. The first-order valence-corrected chi connectivity index (χ1v) is 8.51. The first-order chi connectivity index (χ1) is 12.5. The van der Waals surface area contributed by atoms with Crippen LogP contribution in [0.1, 0.15) is 19.8 Å². The summed E-state index contributed by atoms with van der Waals surface area (Å²) in [7, 11) is 0. The van der Waals surface area contributed by atoms with Crippen molar-refractivity contribution in [1.82, 2.24) is 0 Å². The third kappa shape index (κ3) is 3.88. The van der Waals surface area contributed by atoms with E-state index in [2.05, 4.69) is 9.98 Å². The second-order valence-electron chi connectivity index (χ2n) is 6.35. The summed E-state index contributed by atoms with van der Waals surface area (Å²) in [6, 6.07) is 17.2. The number of ether oxygens (including phenoxy) is 1. The van der Waals surface area contributed by atoms with Gasteiger partial charge in [-0.05, 0) is 56.2 Å². The lowest BCUT2D eigenvalue weighted by molar-refractivity contribution is 0.286. The van der Waals surface area contributed by atoms with E-state index < -0.39 is 5.66 Å². The molecule has 3 rings (SSSR count). The van der Waals surface area contributed by atoms with Crippen molar-refractivity contribution in [1.29, 1.82) is 0 Å². The van der Waals surface area contributed by atoms with Crippen LogP contribution in [-0.4, -0.2) is 24.2 Å². The van der Waals surface area contributed by atoms with E-state index in [0.29, 0.717) is 24.7 Å². The Morgan fingerprint density at radius 1 is 1.00 bits per heavy atom. The number of para-hydroxylation sites is 1. The first kappa shape index (κ1) is 17.6. The number of benzene rings is 2. The SMILES string of the molecule is CC1(CCCOc2ccc(N)cc2)N=C(N)N=C(N)N1c1ccccc1. The zero-order chi connectivity index (χ0) is 18.6. The van der Waals surface area contributed by atoms with Gasteiger partial charge in [-0.2, -0.15) is 4.99 Å². The summed E-state index contributed by atoms with van der Waals surface area (Å²) in [5.74, 6) is 1.32. The van der Waals surface area contributed by atoms with E-state index in [9.17, 15) is 0 Å². The number of nitrogen functional groups attached to an aromatic ring is 1. The van der Waals surface area contributed by atoms with Gasteiger partial charge in [0.2, 0.25) is 11.9 Å². The second kappa shape index (κ2) is 7.35. The minimum absolute atomic E-state index is 0.191. The van der Waals surface area contributed by atoms with Crippen LogP contribution in [0.15, 0.2) is 64.6 Å². The van der Waals surface area contributed by atoms with Gasteiger partial charge in [0.05, 0.1) is 6.61 Å². The molecule has 0 amide bonds. The fraction of sp³-hybridized carbons (Fsp3) is 0.263. The zero-order valence-corrected chi connectivity index (χ0v) is 14.8. The number of hydrogen-bond acceptors (Lipinski definition) is 7. The molecular formula is C19H24N6O. The predicted octanol–water partition coefficient (Wildman–Crippen LogP) is 2.29. The summed E-state index contributed by atoms with van der Waals surface area (Å²) in [6.07, 6.45) is 1.47. The molecule has 1 atom stereocenters. The van der Waals surface area contributed by atoms with E-state index in [-0.39, 0.29) is 5.96 Å². The number of aliphatic imine (C=N–C) groups is 2. The lowest BCUT2D eigenvalue weighted by Crippen LogP contribution is -2.56. The minimum atomic E-state index is -0.623. The van der Waals surface area contributed by atoms with E-state index >= 15 is 0 Å². The van der Waals surface area contributed by atoms with Crippen LogP contribution in [0.2, 0.25) is 0 Å². The van der Waals surface area contributed by atoms with E-state index in [1.54, 1.807) is 0 Å². The van der Waals surface area contributed by atoms with Gasteiger partial charge < -0.3 is 21.9 Å². The van der Waals surface area contributed by atoms with Gasteiger partial charge in [-0.25, -0.2) is 4.99 Å². The van der Waals surface area contributed by atoms with Crippen LogP contribution >= 0.6 is 0 Å². The molecule has 1 aliphatic heterocycles. The van der Waals surface area contributed by atoms with E-state index in [1.807, 2.05) is 66.4 Å². The molecule has 0 spiro atoms. The molecule has 0 bridgehead atoms. The molecule has 26 heavy (non-hydrogen) atoms. The van der Waals surface area contributed by atoms with Crippen LogP contribution in [0.25, 0.3) is 0 Å². The Morgan fingerprint density at radius 3 is 2.38 bits per heavy atom. The van der Waals surface area contributed by atoms with E-state index in [1.165, 1.54) is 0 Å². The van der Waals surface area contributed by atoms with Crippen molar-refractivity contribution < 1.29 is 4.74 Å². The van der Waals surface area contributed by atoms with Gasteiger partial charge in [0.1, 0.15) is 11.4 Å².